The van der Waals surface area contributed by atoms with Crippen LogP contribution >= 0.6 is 77.8 Å². The molecule has 11 aliphatic carbocycles. The van der Waals surface area contributed by atoms with E-state index in [0.717, 1.165) is 94.8 Å². The standard InChI is InChI=1S/C21H30O2.C21H30O.C8H12O.2C8H10.2Ac.2Cl3OP/c1-4-21(23)12-9-18-16-6-5-14-13-15(22)7-10-19(14,2)17(16)8-11-20(18,21)3;1-4-14-6-8-18-17-7-5-15-13-16(22)9-11-21(15,3)19(17)10-12-20(14,18)2;1-3-8(9)6-4-5-7(8)2;2*1-3-8-6-4-5-7(8)2;;;2*1-5(2,3)4/h1,5,15-18,22-23H,6-13H2,2-3H3;4-6,16-19,22H,1,7-13H2,2-3H3;1,7,9H,4-6H2,2H3;2*1,6-7H,4-5H2,2H3;;;;/t15?,16?,17?,18?,19-,20-,21-;16?,17?,18?,19?,20-,21+;7-,8+;2*7-;;;;/m01111..../s1. The summed E-state index contributed by atoms with van der Waals surface area (Å²) in [7, 11) is 0. The average molecular weight is 1710 g/mol. The molecule has 0 aromatic carbocycles. The molecule has 0 bridgehead atoms. The Morgan fingerprint density at radius 1 is 0.561 bits per heavy atom. The van der Waals surface area contributed by atoms with E-state index < -0.39 is 21.6 Å². The summed E-state index contributed by atoms with van der Waals surface area (Å²) >= 11 is 27.7. The zero-order chi connectivity index (χ0) is 59.9. The average Bonchev–Trinajstić information content (AvgIpc) is 4.37. The number of terminal acetylenes is 4. The van der Waals surface area contributed by atoms with Gasteiger partial charge in [0.15, 0.2) is 0 Å². The van der Waals surface area contributed by atoms with E-state index in [9.17, 15) is 29.6 Å². The monoisotopic (exact) mass is 1710 g/mol. The van der Waals surface area contributed by atoms with Gasteiger partial charge in [0, 0.05) is 105 Å². The molecule has 0 saturated heterocycles. The number of rotatable bonds is 1. The Bertz CT molecular complexity index is 2580. The van der Waals surface area contributed by atoms with Gasteiger partial charge >= 0.3 is 10.4 Å². The first-order valence-corrected chi connectivity index (χ1v) is 38.2. The Hall–Kier alpha value is 1.60. The molecule has 2 radical (unpaired) electrons. The van der Waals surface area contributed by atoms with E-state index in [1.807, 2.05) is 6.92 Å². The van der Waals surface area contributed by atoms with Crippen LogP contribution in [0, 0.1) is 212 Å². The van der Waals surface area contributed by atoms with Crippen molar-refractivity contribution in [2.75, 3.05) is 0 Å². The number of aliphatic hydroxyl groups excluding tert-OH is 2. The molecular formula is C66H92Ac2Cl6O6P2. The number of halogens is 6. The number of hydrogen-bond donors (Lipinski definition) is 4. The minimum atomic E-state index is -3.22. The molecule has 82 heavy (non-hydrogen) atoms. The molecular weight excluding hydrogens is 1620 g/mol. The van der Waals surface area contributed by atoms with Crippen LogP contribution in [0.5, 0.6) is 0 Å². The zero-order valence-corrected chi connectivity index (χ0v) is 65.6. The Morgan fingerprint density at radius 3 is 1.34 bits per heavy atom. The van der Waals surface area contributed by atoms with Gasteiger partial charge in [0.05, 0.1) is 12.2 Å². The van der Waals surface area contributed by atoms with Crippen LogP contribution < -0.4 is 0 Å². The Labute approximate surface area is 596 Å². The van der Waals surface area contributed by atoms with Crippen LogP contribution in [-0.4, -0.2) is 43.8 Å². The summed E-state index contributed by atoms with van der Waals surface area (Å²) in [5.41, 5.74) is 6.19. The smallest absolute Gasteiger partial charge is 0.339 e. The molecule has 17 atom stereocenters. The first kappa shape index (κ1) is 77.8. The predicted molar refractivity (Wildman–Crippen MR) is 341 cm³/mol. The molecule has 11 rings (SSSR count). The van der Waals surface area contributed by atoms with Gasteiger partial charge < -0.3 is 20.4 Å². The number of aliphatic hydroxyl groups is 4. The number of allylic oxidation sites excluding steroid dienone is 9. The van der Waals surface area contributed by atoms with Crippen molar-refractivity contribution in [1.29, 1.82) is 0 Å². The van der Waals surface area contributed by atoms with Crippen molar-refractivity contribution in [3.63, 3.8) is 0 Å². The molecule has 6 saturated carbocycles. The second kappa shape index (κ2) is 32.7. The first-order chi connectivity index (χ1) is 37.2. The third-order valence-corrected chi connectivity index (χ3v) is 22.0. The molecule has 0 heterocycles. The van der Waals surface area contributed by atoms with Crippen molar-refractivity contribution in [3.05, 3.63) is 70.9 Å². The Kier molecular flexibility index (Phi) is 31.1. The fourth-order valence-electron chi connectivity index (χ4n) is 16.9. The van der Waals surface area contributed by atoms with E-state index >= 15 is 0 Å². The van der Waals surface area contributed by atoms with Crippen LogP contribution in [-0.2, 0) is 9.13 Å². The molecule has 16 heteroatoms. The second-order valence-corrected chi connectivity index (χ2v) is 39.4. The van der Waals surface area contributed by atoms with Crippen molar-refractivity contribution >= 4 is 77.8 Å². The number of fused-ring (bicyclic) bond motifs is 10. The molecule has 0 spiro atoms. The van der Waals surface area contributed by atoms with Crippen molar-refractivity contribution in [2.45, 2.75) is 213 Å². The van der Waals surface area contributed by atoms with E-state index in [1.54, 1.807) is 5.57 Å². The summed E-state index contributed by atoms with van der Waals surface area (Å²) in [6, 6.07) is 0. The van der Waals surface area contributed by atoms with E-state index in [4.69, 9.17) is 25.7 Å². The quantitative estimate of drug-likeness (QED) is 0.118. The summed E-state index contributed by atoms with van der Waals surface area (Å²) in [4.78, 5) is 0. The largest absolute Gasteiger partial charge is 0.393 e. The summed E-state index contributed by atoms with van der Waals surface area (Å²) in [5, 5.41) is 34.2. The van der Waals surface area contributed by atoms with E-state index in [-0.39, 0.29) is 111 Å². The van der Waals surface area contributed by atoms with Crippen molar-refractivity contribution in [3.8, 4) is 49.4 Å². The van der Waals surface area contributed by atoms with Crippen LogP contribution in [0.15, 0.2) is 70.9 Å². The third-order valence-electron chi connectivity index (χ3n) is 22.0. The van der Waals surface area contributed by atoms with Crippen molar-refractivity contribution < 1.29 is 118 Å². The molecule has 11 aliphatic rings. The normalized spacial score (nSPS) is 40.4. The summed E-state index contributed by atoms with van der Waals surface area (Å²) < 4.78 is 19.0. The van der Waals surface area contributed by atoms with Crippen molar-refractivity contribution in [1.82, 2.24) is 0 Å². The summed E-state index contributed by atoms with van der Waals surface area (Å²) in [6.07, 6.45) is 59.1. The number of hydrogen-bond acceptors (Lipinski definition) is 6. The third kappa shape index (κ3) is 19.1. The Balaban J connectivity index is 0.000000273. The maximum absolute atomic E-state index is 11.0. The first-order valence-electron chi connectivity index (χ1n) is 29.4. The maximum atomic E-state index is 11.0. The zero-order valence-electron chi connectivity index (χ0n) is 49.8. The van der Waals surface area contributed by atoms with E-state index in [0.29, 0.717) is 46.3 Å². The van der Waals surface area contributed by atoms with E-state index in [1.165, 1.54) is 86.5 Å². The van der Waals surface area contributed by atoms with Gasteiger partial charge in [-0.3, -0.25) is 9.13 Å². The van der Waals surface area contributed by atoms with Crippen LogP contribution in [0.2, 0.25) is 0 Å². The van der Waals surface area contributed by atoms with Crippen LogP contribution in [0.4, 0.5) is 0 Å². The van der Waals surface area contributed by atoms with Gasteiger partial charge in [-0.2, -0.15) is 0 Å². The minimum absolute atomic E-state index is 0. The molecule has 0 aromatic heterocycles. The van der Waals surface area contributed by atoms with Gasteiger partial charge in [-0.15, -0.1) is 25.7 Å². The van der Waals surface area contributed by atoms with Crippen LogP contribution in [0.25, 0.3) is 0 Å². The van der Waals surface area contributed by atoms with E-state index in [2.05, 4.69) is 176 Å². The summed E-state index contributed by atoms with van der Waals surface area (Å²) in [6.45, 7) is 20.1. The molecule has 6 fully saturated rings. The predicted octanol–water partition coefficient (Wildman–Crippen LogP) is 19.5. The molecule has 8 unspecified atom stereocenters. The molecule has 6 nitrogen and oxygen atoms in total. The topological polar surface area (TPSA) is 115 Å². The molecule has 0 aliphatic heterocycles. The fraction of sp³-hybridized carbons (Fsp3) is 0.697. The van der Waals surface area contributed by atoms with Gasteiger partial charge in [-0.05, 0) is 284 Å². The molecule has 450 valence electrons. The minimum Gasteiger partial charge on any atom is -0.393 e. The SMILES string of the molecule is C#CC1=CCC[C@H]1C.C#CC1=CCC[C@H]1C.C#C[C@]1(O)CCC2C3CC=C4CC(O)CC[C@]4(C)C3CC[C@@]21C.C#C[C@]1(O)CCC[C@H]1C.C=CC1=CCC2C3CC=C4CC(O)CC[C@]4(C)C3CC[C@]12C.O=P(Cl)(Cl)Cl.O=P(Cl)(Cl)Cl.[Ac].[Ac]. The molecule has 4 N–H and O–H groups in total. The van der Waals surface area contributed by atoms with Crippen LogP contribution in [0.1, 0.15) is 190 Å². The molecule has 0 aromatic rings. The van der Waals surface area contributed by atoms with Gasteiger partial charge in [0.2, 0.25) is 0 Å². The van der Waals surface area contributed by atoms with Crippen molar-refractivity contribution in [2.24, 2.45) is 74.9 Å². The summed E-state index contributed by atoms with van der Waals surface area (Å²) in [5.74, 6) is 16.5. The van der Waals surface area contributed by atoms with Crippen LogP contribution in [0.3, 0.4) is 0 Å². The van der Waals surface area contributed by atoms with Gasteiger partial charge in [0.25, 0.3) is 0 Å². The fourth-order valence-corrected chi connectivity index (χ4v) is 16.9. The second-order valence-electron chi connectivity index (χ2n) is 26.1. The van der Waals surface area contributed by atoms with Gasteiger partial charge in [-0.25, -0.2) is 0 Å². The Morgan fingerprint density at radius 2 is 0.988 bits per heavy atom. The van der Waals surface area contributed by atoms with Gasteiger partial charge in [0.1, 0.15) is 11.2 Å². The molecule has 0 amide bonds. The maximum Gasteiger partial charge on any atom is 0.339 e. The van der Waals surface area contributed by atoms with Gasteiger partial charge in [-0.1, -0.05) is 126 Å².